The summed E-state index contributed by atoms with van der Waals surface area (Å²) in [7, 11) is 0. The molecule has 5 rings (SSSR count). The highest BCUT2D eigenvalue weighted by Crippen LogP contribution is 2.32. The van der Waals surface area contributed by atoms with Crippen molar-refractivity contribution in [1.29, 1.82) is 0 Å². The fourth-order valence-electron chi connectivity index (χ4n) is 5.85. The predicted molar refractivity (Wildman–Crippen MR) is 139 cm³/mol. The number of para-hydroxylation sites is 1. The minimum absolute atomic E-state index is 0.0598. The molecule has 3 aromatic rings. The quantitative estimate of drug-likeness (QED) is 0.578. The van der Waals surface area contributed by atoms with Gasteiger partial charge in [0.15, 0.2) is 5.82 Å². The first kappa shape index (κ1) is 24.1. The molecule has 3 heterocycles. The van der Waals surface area contributed by atoms with Gasteiger partial charge in [0.25, 0.3) is 5.56 Å². The Hall–Kier alpha value is -2.58. The Morgan fingerprint density at radius 3 is 2.57 bits per heavy atom. The number of hydrogen-bond acceptors (Lipinski definition) is 6. The molecule has 1 N–H and O–H groups in total. The van der Waals surface area contributed by atoms with Crippen LogP contribution in [0.1, 0.15) is 82.3 Å². The average Bonchev–Trinajstić information content (AvgIpc) is 3.37. The van der Waals surface area contributed by atoms with Crippen molar-refractivity contribution >= 4 is 10.9 Å². The van der Waals surface area contributed by atoms with Crippen LogP contribution in [0.3, 0.4) is 0 Å². The van der Waals surface area contributed by atoms with Crippen LogP contribution >= 0.6 is 0 Å². The van der Waals surface area contributed by atoms with E-state index in [0.717, 1.165) is 60.5 Å². The van der Waals surface area contributed by atoms with Crippen LogP contribution in [0, 0.1) is 6.92 Å². The molecule has 1 atom stereocenters. The number of fused-ring (bicyclic) bond motifs is 1. The lowest BCUT2D eigenvalue weighted by Crippen LogP contribution is -2.52. The van der Waals surface area contributed by atoms with Gasteiger partial charge in [-0.25, -0.2) is 4.68 Å². The number of aromatic amines is 1. The summed E-state index contributed by atoms with van der Waals surface area (Å²) in [6.07, 6.45) is 7.59. The summed E-state index contributed by atoms with van der Waals surface area (Å²) in [6, 6.07) is 8.61. The van der Waals surface area contributed by atoms with Crippen molar-refractivity contribution in [3.8, 4) is 0 Å². The second-order valence-electron chi connectivity index (χ2n) is 11.0. The van der Waals surface area contributed by atoms with E-state index in [2.05, 4.69) is 63.2 Å². The first-order chi connectivity index (χ1) is 16.9. The zero-order valence-corrected chi connectivity index (χ0v) is 21.6. The van der Waals surface area contributed by atoms with Crippen LogP contribution in [0.5, 0.6) is 0 Å². The number of H-pyrrole nitrogens is 1. The lowest BCUT2D eigenvalue weighted by atomic mass is 9.93. The van der Waals surface area contributed by atoms with Crippen LogP contribution in [-0.2, 0) is 5.54 Å². The number of tetrazole rings is 1. The average molecular weight is 478 g/mol. The van der Waals surface area contributed by atoms with Crippen molar-refractivity contribution < 1.29 is 0 Å². The Bertz CT molecular complexity index is 1220. The van der Waals surface area contributed by atoms with Crippen LogP contribution in [0.4, 0.5) is 0 Å². The van der Waals surface area contributed by atoms with Crippen LogP contribution in [0.2, 0.25) is 0 Å². The van der Waals surface area contributed by atoms with E-state index < -0.39 is 0 Å². The predicted octanol–water partition coefficient (Wildman–Crippen LogP) is 4.01. The van der Waals surface area contributed by atoms with E-state index in [1.54, 1.807) is 0 Å². The molecule has 2 aliphatic rings. The number of pyridine rings is 1. The fourth-order valence-corrected chi connectivity index (χ4v) is 5.85. The molecule has 1 aliphatic heterocycles. The van der Waals surface area contributed by atoms with Gasteiger partial charge < -0.3 is 4.98 Å². The summed E-state index contributed by atoms with van der Waals surface area (Å²) in [5.74, 6) is 0.750. The van der Waals surface area contributed by atoms with E-state index in [1.165, 1.54) is 32.1 Å². The molecule has 0 amide bonds. The third-order valence-electron chi connectivity index (χ3n) is 8.39. The molecule has 35 heavy (non-hydrogen) atoms. The molecule has 1 unspecified atom stereocenters. The zero-order chi connectivity index (χ0) is 24.6. The Morgan fingerprint density at radius 2 is 1.86 bits per heavy atom. The van der Waals surface area contributed by atoms with Gasteiger partial charge in [-0.1, -0.05) is 44.4 Å². The van der Waals surface area contributed by atoms with Crippen molar-refractivity contribution in [3.63, 3.8) is 0 Å². The highest BCUT2D eigenvalue weighted by molar-refractivity contribution is 5.82. The standard InChI is InChI=1S/C27H39N7O/c1-5-27(3,4)34-25(29-30-31-34)24(22-18-20-11-9-10-19(2)23(20)28-26(22)35)33-16-14-32(15-17-33)21-12-7-6-8-13-21/h9-11,18,21,24H,5-8,12-17H2,1-4H3,(H,28,35). The molecular weight excluding hydrogens is 438 g/mol. The van der Waals surface area contributed by atoms with E-state index >= 15 is 0 Å². The van der Waals surface area contributed by atoms with Gasteiger partial charge in [0.2, 0.25) is 0 Å². The minimum atomic E-state index is -0.294. The normalized spacial score (nSPS) is 19.9. The molecule has 2 fully saturated rings. The van der Waals surface area contributed by atoms with Gasteiger partial charge in [0.05, 0.1) is 11.1 Å². The molecule has 1 saturated heterocycles. The fraction of sp³-hybridized carbons (Fsp3) is 0.630. The highest BCUT2D eigenvalue weighted by atomic mass is 16.1. The third-order valence-corrected chi connectivity index (χ3v) is 8.39. The molecule has 8 nitrogen and oxygen atoms in total. The first-order valence-corrected chi connectivity index (χ1v) is 13.3. The van der Waals surface area contributed by atoms with Gasteiger partial charge in [-0.3, -0.25) is 14.6 Å². The largest absolute Gasteiger partial charge is 0.321 e. The summed E-state index contributed by atoms with van der Waals surface area (Å²) in [5, 5.41) is 14.1. The summed E-state index contributed by atoms with van der Waals surface area (Å²) in [6.45, 7) is 12.3. The summed E-state index contributed by atoms with van der Waals surface area (Å²) < 4.78 is 1.94. The molecule has 188 valence electrons. The van der Waals surface area contributed by atoms with E-state index in [4.69, 9.17) is 0 Å². The number of piperazine rings is 1. The van der Waals surface area contributed by atoms with Crippen molar-refractivity contribution in [2.75, 3.05) is 26.2 Å². The molecule has 1 aromatic carbocycles. The maximum absolute atomic E-state index is 13.5. The van der Waals surface area contributed by atoms with Gasteiger partial charge in [-0.15, -0.1) is 5.10 Å². The highest BCUT2D eigenvalue weighted by Gasteiger charge is 2.36. The second-order valence-corrected chi connectivity index (χ2v) is 11.0. The Kier molecular flexibility index (Phi) is 6.77. The number of benzene rings is 1. The van der Waals surface area contributed by atoms with Crippen molar-refractivity contribution in [3.05, 3.63) is 51.6 Å². The smallest absolute Gasteiger partial charge is 0.253 e. The topological polar surface area (TPSA) is 82.9 Å². The lowest BCUT2D eigenvalue weighted by molar-refractivity contribution is 0.0603. The molecule has 1 aliphatic carbocycles. The van der Waals surface area contributed by atoms with Crippen molar-refractivity contribution in [1.82, 2.24) is 35.0 Å². The van der Waals surface area contributed by atoms with Gasteiger partial charge in [-0.05, 0) is 67.5 Å². The second kappa shape index (κ2) is 9.82. The molecular formula is C27H39N7O. The Morgan fingerprint density at radius 1 is 1.11 bits per heavy atom. The maximum atomic E-state index is 13.5. The monoisotopic (exact) mass is 477 g/mol. The van der Waals surface area contributed by atoms with Gasteiger partial charge in [-0.2, -0.15) is 0 Å². The number of nitrogens with zero attached hydrogens (tertiary/aromatic N) is 6. The SMILES string of the molecule is CCC(C)(C)n1nnnc1C(c1cc2cccc(C)c2[nH]c1=O)N1CCN(C2CCCCC2)CC1. The van der Waals surface area contributed by atoms with Gasteiger partial charge in [0.1, 0.15) is 6.04 Å². The molecule has 1 saturated carbocycles. The van der Waals surface area contributed by atoms with Crippen LogP contribution in [0.15, 0.2) is 29.1 Å². The molecule has 8 heteroatoms. The zero-order valence-electron chi connectivity index (χ0n) is 21.6. The van der Waals surface area contributed by atoms with Gasteiger partial charge in [0, 0.05) is 37.8 Å². The molecule has 0 radical (unpaired) electrons. The lowest BCUT2D eigenvalue weighted by Gasteiger charge is -2.43. The number of nitrogens with one attached hydrogen (secondary N) is 1. The molecule has 2 aromatic heterocycles. The van der Waals surface area contributed by atoms with E-state index in [1.807, 2.05) is 23.7 Å². The summed E-state index contributed by atoms with van der Waals surface area (Å²) in [5.41, 5.74) is 2.38. The number of aryl methyl sites for hydroxylation is 1. The molecule has 0 bridgehead atoms. The number of aromatic nitrogens is 5. The Balaban J connectivity index is 1.54. The molecule has 0 spiro atoms. The van der Waals surface area contributed by atoms with E-state index in [-0.39, 0.29) is 17.1 Å². The van der Waals surface area contributed by atoms with Crippen molar-refractivity contribution in [2.24, 2.45) is 0 Å². The van der Waals surface area contributed by atoms with Gasteiger partial charge >= 0.3 is 0 Å². The number of hydrogen-bond donors (Lipinski definition) is 1. The number of rotatable bonds is 6. The van der Waals surface area contributed by atoms with Crippen LogP contribution < -0.4 is 5.56 Å². The van der Waals surface area contributed by atoms with E-state index in [0.29, 0.717) is 6.04 Å². The third kappa shape index (κ3) is 4.66. The maximum Gasteiger partial charge on any atom is 0.253 e. The van der Waals surface area contributed by atoms with E-state index in [9.17, 15) is 4.79 Å². The summed E-state index contributed by atoms with van der Waals surface area (Å²) >= 11 is 0. The summed E-state index contributed by atoms with van der Waals surface area (Å²) in [4.78, 5) is 21.8. The minimum Gasteiger partial charge on any atom is -0.321 e. The van der Waals surface area contributed by atoms with Crippen LogP contribution in [0.25, 0.3) is 10.9 Å². The van der Waals surface area contributed by atoms with Crippen molar-refractivity contribution in [2.45, 2.75) is 83.8 Å². The first-order valence-electron chi connectivity index (χ1n) is 13.3. The Labute approximate surface area is 207 Å². The van der Waals surface area contributed by atoms with Crippen LogP contribution in [-0.4, -0.2) is 67.2 Å².